The van der Waals surface area contributed by atoms with Gasteiger partial charge in [-0.2, -0.15) is 0 Å². The van der Waals surface area contributed by atoms with Crippen molar-refractivity contribution in [2.45, 2.75) is 0 Å². The molecule has 0 amide bonds. The molecule has 0 aromatic carbocycles. The van der Waals surface area contributed by atoms with Crippen molar-refractivity contribution in [1.82, 2.24) is 4.98 Å². The Hall–Kier alpha value is -0.360. The van der Waals surface area contributed by atoms with Crippen LogP contribution in [0.2, 0.25) is 0 Å². The first kappa shape index (κ1) is 7.74. The van der Waals surface area contributed by atoms with Crippen molar-refractivity contribution < 1.29 is 4.92 Å². The monoisotopic (exact) mass is 268 g/mol. The average Bonchev–Trinajstić information content (AvgIpc) is 2.14. The molecule has 0 aliphatic rings. The Morgan fingerprint density at radius 3 is 2.40 bits per heavy atom. The van der Waals surface area contributed by atoms with Crippen LogP contribution in [0.15, 0.2) is 15.3 Å². The lowest BCUT2D eigenvalue weighted by molar-refractivity contribution is -0.385. The van der Waals surface area contributed by atoms with Gasteiger partial charge in [-0.15, -0.1) is 0 Å². The number of hydrogen-bond acceptors (Lipinski definition) is 2. The van der Waals surface area contributed by atoms with Crippen LogP contribution in [0.1, 0.15) is 0 Å². The molecule has 1 aromatic heterocycles. The Balaban J connectivity index is 3.17. The molecule has 54 valence electrons. The summed E-state index contributed by atoms with van der Waals surface area (Å²) in [6.07, 6.45) is 1.31. The smallest absolute Gasteiger partial charge is 0.302 e. The molecule has 0 aliphatic heterocycles. The number of halogens is 2. The van der Waals surface area contributed by atoms with Crippen molar-refractivity contribution in [2.24, 2.45) is 0 Å². The van der Waals surface area contributed by atoms with Crippen molar-refractivity contribution in [3.05, 3.63) is 25.4 Å². The summed E-state index contributed by atoms with van der Waals surface area (Å²) >= 11 is 6.11. The quantitative estimate of drug-likeness (QED) is 0.629. The molecule has 4 nitrogen and oxygen atoms in total. The zero-order chi connectivity index (χ0) is 7.72. The van der Waals surface area contributed by atoms with E-state index in [1.165, 1.54) is 6.20 Å². The predicted molar refractivity (Wildman–Crippen MR) is 42.8 cm³/mol. The van der Waals surface area contributed by atoms with Gasteiger partial charge < -0.3 is 4.98 Å². The van der Waals surface area contributed by atoms with Gasteiger partial charge in [0, 0.05) is 0 Å². The molecule has 0 unspecified atom stereocenters. The largest absolute Gasteiger partial charge is 0.349 e. The molecule has 10 heavy (non-hydrogen) atoms. The topological polar surface area (TPSA) is 58.9 Å². The summed E-state index contributed by atoms with van der Waals surface area (Å²) in [5.74, 6) is 0. The van der Waals surface area contributed by atoms with Crippen molar-refractivity contribution >= 4 is 37.5 Å². The van der Waals surface area contributed by atoms with E-state index in [1.807, 2.05) is 0 Å². The van der Waals surface area contributed by atoms with E-state index >= 15 is 0 Å². The molecule has 1 rings (SSSR count). The fourth-order valence-electron chi connectivity index (χ4n) is 0.504. The highest BCUT2D eigenvalue weighted by atomic mass is 79.9. The maximum Gasteiger partial charge on any atom is 0.302 e. The van der Waals surface area contributed by atoms with E-state index in [0.717, 1.165) is 0 Å². The highest BCUT2D eigenvalue weighted by Gasteiger charge is 2.15. The Kier molecular flexibility index (Phi) is 2.10. The number of nitro groups is 1. The van der Waals surface area contributed by atoms with Gasteiger partial charge in [0.2, 0.25) is 0 Å². The van der Waals surface area contributed by atoms with Crippen LogP contribution in [-0.4, -0.2) is 9.91 Å². The molecule has 0 aliphatic carbocycles. The van der Waals surface area contributed by atoms with Gasteiger partial charge in [0.25, 0.3) is 0 Å². The Morgan fingerprint density at radius 1 is 1.60 bits per heavy atom. The van der Waals surface area contributed by atoms with Crippen molar-refractivity contribution in [1.29, 1.82) is 0 Å². The number of rotatable bonds is 1. The van der Waals surface area contributed by atoms with Crippen LogP contribution in [0.3, 0.4) is 0 Å². The standard InChI is InChI=1S/C4H2Br2N2O2/c5-3-2(8(9)10)1-7-4(3)6/h1,7H. The number of nitrogens with zero attached hydrogens (tertiary/aromatic N) is 1. The van der Waals surface area contributed by atoms with Crippen LogP contribution < -0.4 is 0 Å². The lowest BCUT2D eigenvalue weighted by Crippen LogP contribution is -1.84. The van der Waals surface area contributed by atoms with Crippen molar-refractivity contribution in [3.63, 3.8) is 0 Å². The SMILES string of the molecule is O=[N+]([O-])c1c[nH]c(Br)c1Br. The fourth-order valence-corrected chi connectivity index (χ4v) is 1.20. The summed E-state index contributed by atoms with van der Waals surface area (Å²) < 4.78 is 1.02. The third-order valence-electron chi connectivity index (χ3n) is 0.950. The van der Waals surface area contributed by atoms with Gasteiger partial charge in [-0.3, -0.25) is 10.1 Å². The highest BCUT2D eigenvalue weighted by Crippen LogP contribution is 2.31. The summed E-state index contributed by atoms with van der Waals surface area (Å²) in [5, 5.41) is 10.2. The summed E-state index contributed by atoms with van der Waals surface area (Å²) in [6.45, 7) is 0. The van der Waals surface area contributed by atoms with Gasteiger partial charge in [-0.05, 0) is 31.9 Å². The van der Waals surface area contributed by atoms with Crippen LogP contribution >= 0.6 is 31.9 Å². The Labute approximate surface area is 73.0 Å². The van der Waals surface area contributed by atoms with E-state index in [9.17, 15) is 10.1 Å². The van der Waals surface area contributed by atoms with E-state index in [1.54, 1.807) is 0 Å². The van der Waals surface area contributed by atoms with E-state index in [2.05, 4.69) is 36.8 Å². The lowest BCUT2D eigenvalue weighted by atomic mass is 10.6. The second kappa shape index (κ2) is 2.71. The first-order valence-electron chi connectivity index (χ1n) is 2.29. The second-order valence-corrected chi connectivity index (χ2v) is 3.14. The minimum absolute atomic E-state index is 0.0341. The fraction of sp³-hybridized carbons (Fsp3) is 0. The Morgan fingerprint density at radius 2 is 2.20 bits per heavy atom. The summed E-state index contributed by atoms with van der Waals surface area (Å²) in [6, 6.07) is 0. The maximum atomic E-state index is 10.2. The summed E-state index contributed by atoms with van der Waals surface area (Å²) in [4.78, 5) is 12.3. The second-order valence-electron chi connectivity index (χ2n) is 1.56. The first-order chi connectivity index (χ1) is 4.63. The minimum atomic E-state index is -0.467. The Bertz CT molecular complexity index is 270. The molecule has 0 bridgehead atoms. The maximum absolute atomic E-state index is 10.2. The van der Waals surface area contributed by atoms with Crippen LogP contribution in [0.5, 0.6) is 0 Å². The van der Waals surface area contributed by atoms with Gasteiger partial charge in [0.15, 0.2) is 0 Å². The van der Waals surface area contributed by atoms with E-state index in [0.29, 0.717) is 9.08 Å². The number of hydrogen-bond donors (Lipinski definition) is 1. The molecule has 0 radical (unpaired) electrons. The van der Waals surface area contributed by atoms with Crippen LogP contribution in [0.4, 0.5) is 5.69 Å². The molecule has 0 saturated heterocycles. The average molecular weight is 270 g/mol. The molecule has 1 aromatic rings. The molecular formula is C4H2Br2N2O2. The zero-order valence-electron chi connectivity index (χ0n) is 4.60. The number of aromatic nitrogens is 1. The van der Waals surface area contributed by atoms with E-state index < -0.39 is 4.92 Å². The molecule has 1 N–H and O–H groups in total. The molecule has 6 heteroatoms. The van der Waals surface area contributed by atoms with Crippen molar-refractivity contribution in [3.8, 4) is 0 Å². The van der Waals surface area contributed by atoms with Crippen LogP contribution in [0.25, 0.3) is 0 Å². The first-order valence-corrected chi connectivity index (χ1v) is 3.88. The van der Waals surface area contributed by atoms with Gasteiger partial charge in [-0.25, -0.2) is 0 Å². The molecule has 0 fully saturated rings. The van der Waals surface area contributed by atoms with Crippen LogP contribution in [0, 0.1) is 10.1 Å². The number of nitrogens with one attached hydrogen (secondary N) is 1. The van der Waals surface area contributed by atoms with E-state index in [-0.39, 0.29) is 5.69 Å². The lowest BCUT2D eigenvalue weighted by Gasteiger charge is -1.83. The minimum Gasteiger partial charge on any atom is -0.349 e. The summed E-state index contributed by atoms with van der Waals surface area (Å²) in [5.41, 5.74) is 0.0341. The third kappa shape index (κ3) is 1.22. The third-order valence-corrected chi connectivity index (χ3v) is 2.91. The summed E-state index contributed by atoms with van der Waals surface area (Å²) in [7, 11) is 0. The highest BCUT2D eigenvalue weighted by molar-refractivity contribution is 9.13. The molecular weight excluding hydrogens is 268 g/mol. The van der Waals surface area contributed by atoms with Gasteiger partial charge in [0.05, 0.1) is 11.1 Å². The number of H-pyrrole nitrogens is 1. The molecule has 0 atom stereocenters. The van der Waals surface area contributed by atoms with Crippen molar-refractivity contribution in [2.75, 3.05) is 0 Å². The molecule has 0 saturated carbocycles. The van der Waals surface area contributed by atoms with Gasteiger partial charge in [0.1, 0.15) is 9.08 Å². The molecule has 1 heterocycles. The van der Waals surface area contributed by atoms with E-state index in [4.69, 9.17) is 0 Å². The van der Waals surface area contributed by atoms with Crippen LogP contribution in [-0.2, 0) is 0 Å². The number of aromatic amines is 1. The zero-order valence-corrected chi connectivity index (χ0v) is 7.77. The predicted octanol–water partition coefficient (Wildman–Crippen LogP) is 2.45. The molecule has 0 spiro atoms. The van der Waals surface area contributed by atoms with Gasteiger partial charge >= 0.3 is 5.69 Å². The van der Waals surface area contributed by atoms with Gasteiger partial charge in [-0.1, -0.05) is 0 Å². The normalized spacial score (nSPS) is 9.80.